The molecule has 0 fully saturated rings. The van der Waals surface area contributed by atoms with E-state index in [-0.39, 0.29) is 5.82 Å². The first kappa shape index (κ1) is 13.4. The number of hydrogen-bond donors (Lipinski definition) is 0. The number of ether oxygens (including phenoxy) is 1. The Balaban J connectivity index is 2.29. The molecule has 0 spiro atoms. The van der Waals surface area contributed by atoms with Gasteiger partial charge in [0.1, 0.15) is 11.6 Å². The highest BCUT2D eigenvalue weighted by atomic mass is 79.9. The van der Waals surface area contributed by atoms with Crippen LogP contribution in [0, 0.1) is 5.82 Å². The van der Waals surface area contributed by atoms with Crippen molar-refractivity contribution in [1.29, 1.82) is 0 Å². The highest BCUT2D eigenvalue weighted by Crippen LogP contribution is 2.32. The molecular weight excluding hydrogens is 319 g/mol. The maximum atomic E-state index is 12.8. The minimum absolute atomic E-state index is 0.235. The molecule has 0 unspecified atom stereocenters. The fraction of sp³-hybridized carbons (Fsp3) is 0.143. The summed E-state index contributed by atoms with van der Waals surface area (Å²) in [6, 6.07) is 10.1. The molecule has 0 atom stereocenters. The predicted octanol–water partition coefficient (Wildman–Crippen LogP) is 4.84. The van der Waals surface area contributed by atoms with Gasteiger partial charge in [0.2, 0.25) is 0 Å². The summed E-state index contributed by atoms with van der Waals surface area (Å²) < 4.78 is 18.8. The Morgan fingerprint density at radius 1 is 1.22 bits per heavy atom. The lowest BCUT2D eigenvalue weighted by atomic mass is 10.0. The Labute approximate surface area is 119 Å². The van der Waals surface area contributed by atoms with E-state index >= 15 is 0 Å². The summed E-state index contributed by atoms with van der Waals surface area (Å²) in [7, 11) is 1.59. The lowest BCUT2D eigenvalue weighted by molar-refractivity contribution is 0.412. The average Bonchev–Trinajstić information content (AvgIpc) is 2.36. The Morgan fingerprint density at radius 3 is 2.50 bits per heavy atom. The predicted molar refractivity (Wildman–Crippen MR) is 74.9 cm³/mol. The van der Waals surface area contributed by atoms with Crippen molar-refractivity contribution in [3.63, 3.8) is 0 Å². The summed E-state index contributed by atoms with van der Waals surface area (Å²) >= 11 is 9.61. The Bertz CT molecular complexity index is 554. The number of benzene rings is 2. The van der Waals surface area contributed by atoms with E-state index in [0.717, 1.165) is 15.6 Å². The zero-order valence-electron chi connectivity index (χ0n) is 9.71. The van der Waals surface area contributed by atoms with Crippen LogP contribution in [-0.4, -0.2) is 7.11 Å². The van der Waals surface area contributed by atoms with Crippen LogP contribution in [-0.2, 0) is 6.42 Å². The molecule has 2 aromatic rings. The fourth-order valence-corrected chi connectivity index (χ4v) is 2.46. The summed E-state index contributed by atoms with van der Waals surface area (Å²) in [5, 5.41) is 0.638. The van der Waals surface area contributed by atoms with Gasteiger partial charge in [-0.1, -0.05) is 23.7 Å². The number of hydrogen-bond acceptors (Lipinski definition) is 1. The van der Waals surface area contributed by atoms with Gasteiger partial charge in [-0.15, -0.1) is 0 Å². The van der Waals surface area contributed by atoms with Gasteiger partial charge in [-0.05, 0) is 51.7 Å². The van der Waals surface area contributed by atoms with Crippen molar-refractivity contribution < 1.29 is 9.13 Å². The summed E-state index contributed by atoms with van der Waals surface area (Å²) in [6.45, 7) is 0. The van der Waals surface area contributed by atoms with Crippen molar-refractivity contribution in [2.75, 3.05) is 7.11 Å². The molecule has 18 heavy (non-hydrogen) atoms. The Kier molecular flexibility index (Phi) is 4.25. The lowest BCUT2D eigenvalue weighted by Gasteiger charge is -2.09. The smallest absolute Gasteiger partial charge is 0.134 e. The van der Waals surface area contributed by atoms with Crippen molar-refractivity contribution >= 4 is 27.5 Å². The van der Waals surface area contributed by atoms with Gasteiger partial charge in [-0.25, -0.2) is 4.39 Å². The number of methoxy groups -OCH3 is 1. The number of halogens is 3. The fourth-order valence-electron chi connectivity index (χ4n) is 1.68. The summed E-state index contributed by atoms with van der Waals surface area (Å²) in [4.78, 5) is 0. The molecule has 4 heteroatoms. The van der Waals surface area contributed by atoms with Gasteiger partial charge in [0.15, 0.2) is 0 Å². The molecule has 0 aliphatic carbocycles. The Hall–Kier alpha value is -1.06. The minimum Gasteiger partial charge on any atom is -0.496 e. The van der Waals surface area contributed by atoms with Crippen molar-refractivity contribution in [3.05, 3.63) is 62.8 Å². The molecule has 2 aromatic carbocycles. The van der Waals surface area contributed by atoms with Crippen LogP contribution in [0.4, 0.5) is 4.39 Å². The summed E-state index contributed by atoms with van der Waals surface area (Å²) in [5.41, 5.74) is 1.98. The zero-order valence-corrected chi connectivity index (χ0v) is 12.1. The topological polar surface area (TPSA) is 9.23 Å². The second-order valence-corrected chi connectivity index (χ2v) is 5.14. The van der Waals surface area contributed by atoms with E-state index in [9.17, 15) is 4.39 Å². The van der Waals surface area contributed by atoms with E-state index in [0.29, 0.717) is 17.2 Å². The highest BCUT2D eigenvalue weighted by Gasteiger charge is 2.08. The van der Waals surface area contributed by atoms with E-state index in [1.54, 1.807) is 25.3 Å². The van der Waals surface area contributed by atoms with Gasteiger partial charge in [0.05, 0.1) is 11.6 Å². The monoisotopic (exact) mass is 328 g/mol. The second-order valence-electron chi connectivity index (χ2n) is 3.88. The second kappa shape index (κ2) is 5.72. The van der Waals surface area contributed by atoms with E-state index in [1.165, 1.54) is 12.1 Å². The van der Waals surface area contributed by atoms with Gasteiger partial charge >= 0.3 is 0 Å². The molecule has 0 amide bonds. The van der Waals surface area contributed by atoms with Gasteiger partial charge in [-0.3, -0.25) is 0 Å². The maximum Gasteiger partial charge on any atom is 0.134 e. The standard InChI is InChI=1S/C14H11BrClFO/c1-18-14-8-13(16)10(7-12(14)15)6-9-2-4-11(17)5-3-9/h2-5,7-8H,6H2,1H3. The molecular formula is C14H11BrClFO. The molecule has 0 aliphatic rings. The van der Waals surface area contributed by atoms with E-state index < -0.39 is 0 Å². The molecule has 0 saturated carbocycles. The number of rotatable bonds is 3. The van der Waals surface area contributed by atoms with Crippen LogP contribution in [0.5, 0.6) is 5.75 Å². The molecule has 0 saturated heterocycles. The third-order valence-electron chi connectivity index (χ3n) is 2.63. The molecule has 0 bridgehead atoms. The van der Waals surface area contributed by atoms with Gasteiger partial charge < -0.3 is 4.74 Å². The third-order valence-corrected chi connectivity index (χ3v) is 3.60. The van der Waals surface area contributed by atoms with Crippen LogP contribution in [0.2, 0.25) is 5.02 Å². The largest absolute Gasteiger partial charge is 0.496 e. The van der Waals surface area contributed by atoms with Crippen molar-refractivity contribution in [3.8, 4) is 5.75 Å². The SMILES string of the molecule is COc1cc(Cl)c(Cc2ccc(F)cc2)cc1Br. The molecule has 0 aliphatic heterocycles. The maximum absolute atomic E-state index is 12.8. The van der Waals surface area contributed by atoms with Gasteiger partial charge in [0, 0.05) is 11.1 Å². The van der Waals surface area contributed by atoms with Crippen molar-refractivity contribution in [1.82, 2.24) is 0 Å². The molecule has 2 rings (SSSR count). The van der Waals surface area contributed by atoms with Gasteiger partial charge in [-0.2, -0.15) is 0 Å². The zero-order chi connectivity index (χ0) is 13.1. The normalized spacial score (nSPS) is 10.4. The van der Waals surface area contributed by atoms with Gasteiger partial charge in [0.25, 0.3) is 0 Å². The summed E-state index contributed by atoms with van der Waals surface area (Å²) in [6.07, 6.45) is 0.654. The molecule has 0 heterocycles. The molecule has 1 nitrogen and oxygen atoms in total. The average molecular weight is 330 g/mol. The molecule has 0 aromatic heterocycles. The lowest BCUT2D eigenvalue weighted by Crippen LogP contribution is -1.92. The Morgan fingerprint density at radius 2 is 1.89 bits per heavy atom. The van der Waals surface area contributed by atoms with Crippen LogP contribution in [0.25, 0.3) is 0 Å². The van der Waals surface area contributed by atoms with Crippen LogP contribution in [0.1, 0.15) is 11.1 Å². The molecule has 0 N–H and O–H groups in total. The van der Waals surface area contributed by atoms with E-state index in [4.69, 9.17) is 16.3 Å². The van der Waals surface area contributed by atoms with Crippen LogP contribution >= 0.6 is 27.5 Å². The van der Waals surface area contributed by atoms with E-state index in [2.05, 4.69) is 15.9 Å². The van der Waals surface area contributed by atoms with Crippen LogP contribution in [0.15, 0.2) is 40.9 Å². The first-order valence-electron chi connectivity index (χ1n) is 5.36. The first-order valence-corrected chi connectivity index (χ1v) is 6.53. The van der Waals surface area contributed by atoms with Crippen molar-refractivity contribution in [2.45, 2.75) is 6.42 Å². The third kappa shape index (κ3) is 3.03. The van der Waals surface area contributed by atoms with E-state index in [1.807, 2.05) is 6.07 Å². The summed E-state index contributed by atoms with van der Waals surface area (Å²) in [5.74, 6) is 0.462. The van der Waals surface area contributed by atoms with Crippen LogP contribution in [0.3, 0.4) is 0 Å². The van der Waals surface area contributed by atoms with Crippen LogP contribution < -0.4 is 4.74 Å². The first-order chi connectivity index (χ1) is 8.60. The quantitative estimate of drug-likeness (QED) is 0.783. The highest BCUT2D eigenvalue weighted by molar-refractivity contribution is 9.10. The molecule has 0 radical (unpaired) electrons. The molecule has 94 valence electrons. The van der Waals surface area contributed by atoms with Crippen molar-refractivity contribution in [2.24, 2.45) is 0 Å². The minimum atomic E-state index is -0.235.